The van der Waals surface area contributed by atoms with E-state index in [2.05, 4.69) is 5.32 Å². The van der Waals surface area contributed by atoms with Crippen LogP contribution in [0.25, 0.3) is 0 Å². The van der Waals surface area contributed by atoms with Crippen LogP contribution in [-0.2, 0) is 9.53 Å². The van der Waals surface area contributed by atoms with Crippen molar-refractivity contribution in [1.29, 1.82) is 0 Å². The molecule has 0 spiro atoms. The second kappa shape index (κ2) is 6.40. The summed E-state index contributed by atoms with van der Waals surface area (Å²) >= 11 is 0. The lowest BCUT2D eigenvalue weighted by molar-refractivity contribution is -0.117. The number of benzene rings is 1. The van der Waals surface area contributed by atoms with Gasteiger partial charge in [-0.15, -0.1) is 0 Å². The minimum atomic E-state index is -0.0160. The van der Waals surface area contributed by atoms with Gasteiger partial charge in [0.15, 0.2) is 0 Å². The molecule has 3 N–H and O–H groups in total. The highest BCUT2D eigenvalue weighted by Gasteiger charge is 2.15. The summed E-state index contributed by atoms with van der Waals surface area (Å²) in [6.45, 7) is 0.505. The van der Waals surface area contributed by atoms with Crippen LogP contribution in [0.15, 0.2) is 24.3 Å². The molecule has 0 aliphatic heterocycles. The number of anilines is 2. The summed E-state index contributed by atoms with van der Waals surface area (Å²) < 4.78 is 5.65. The molecular formula is C14H20N2O2. The maximum absolute atomic E-state index is 11.6. The fourth-order valence-corrected chi connectivity index (χ4v) is 2.16. The lowest BCUT2D eigenvalue weighted by Crippen LogP contribution is -2.16. The van der Waals surface area contributed by atoms with E-state index in [1.165, 1.54) is 12.8 Å². The van der Waals surface area contributed by atoms with Crippen LogP contribution in [-0.4, -0.2) is 18.6 Å². The Morgan fingerprint density at radius 1 is 1.28 bits per heavy atom. The molecule has 0 heterocycles. The smallest absolute Gasteiger partial charge is 0.226 e. The van der Waals surface area contributed by atoms with Gasteiger partial charge in [-0.05, 0) is 37.1 Å². The molecular weight excluding hydrogens is 228 g/mol. The van der Waals surface area contributed by atoms with Gasteiger partial charge in [-0.1, -0.05) is 12.8 Å². The van der Waals surface area contributed by atoms with E-state index in [-0.39, 0.29) is 5.91 Å². The highest BCUT2D eigenvalue weighted by Crippen LogP contribution is 2.20. The zero-order valence-corrected chi connectivity index (χ0v) is 10.5. The van der Waals surface area contributed by atoms with E-state index < -0.39 is 0 Å². The number of nitrogens with two attached hydrogens (primary N) is 1. The third-order valence-corrected chi connectivity index (χ3v) is 3.18. The van der Waals surface area contributed by atoms with Gasteiger partial charge in [0, 0.05) is 11.4 Å². The van der Waals surface area contributed by atoms with Crippen LogP contribution in [0.4, 0.5) is 11.4 Å². The summed E-state index contributed by atoms with van der Waals surface area (Å²) in [5, 5.41) is 2.82. The minimum Gasteiger partial charge on any atom is -0.399 e. The van der Waals surface area contributed by atoms with Crippen LogP contribution < -0.4 is 11.1 Å². The van der Waals surface area contributed by atoms with Crippen molar-refractivity contribution in [2.24, 2.45) is 0 Å². The Hall–Kier alpha value is -1.55. The molecule has 0 bridgehead atoms. The van der Waals surface area contributed by atoms with E-state index in [9.17, 15) is 4.79 Å². The molecule has 1 aliphatic rings. The van der Waals surface area contributed by atoms with Gasteiger partial charge in [0.1, 0.15) is 0 Å². The maximum atomic E-state index is 11.6. The van der Waals surface area contributed by atoms with E-state index >= 15 is 0 Å². The first-order valence-electron chi connectivity index (χ1n) is 6.51. The van der Waals surface area contributed by atoms with Gasteiger partial charge in [-0.25, -0.2) is 0 Å². The van der Waals surface area contributed by atoms with Gasteiger partial charge >= 0.3 is 0 Å². The number of hydrogen-bond donors (Lipinski definition) is 2. The molecule has 0 saturated heterocycles. The highest BCUT2D eigenvalue weighted by atomic mass is 16.5. The predicted molar refractivity (Wildman–Crippen MR) is 72.3 cm³/mol. The molecule has 0 atom stereocenters. The first-order valence-corrected chi connectivity index (χ1v) is 6.51. The number of hydrogen-bond acceptors (Lipinski definition) is 3. The molecule has 1 amide bonds. The van der Waals surface area contributed by atoms with Gasteiger partial charge in [0.05, 0.1) is 19.1 Å². The second-order valence-electron chi connectivity index (χ2n) is 4.70. The number of carbonyl (C=O) groups excluding carboxylic acids is 1. The van der Waals surface area contributed by atoms with Crippen molar-refractivity contribution in [3.05, 3.63) is 24.3 Å². The Morgan fingerprint density at radius 3 is 2.61 bits per heavy atom. The van der Waals surface area contributed by atoms with Gasteiger partial charge in [0.25, 0.3) is 0 Å². The normalized spacial score (nSPS) is 15.8. The minimum absolute atomic E-state index is 0.0160. The average molecular weight is 248 g/mol. The first kappa shape index (κ1) is 12.9. The summed E-state index contributed by atoms with van der Waals surface area (Å²) in [6, 6.07) is 7.13. The molecule has 4 nitrogen and oxygen atoms in total. The zero-order valence-electron chi connectivity index (χ0n) is 10.5. The fraction of sp³-hybridized carbons (Fsp3) is 0.500. The maximum Gasteiger partial charge on any atom is 0.226 e. The molecule has 0 unspecified atom stereocenters. The van der Waals surface area contributed by atoms with Crippen LogP contribution in [0, 0.1) is 0 Å². The Bertz CT molecular complexity index is 383. The second-order valence-corrected chi connectivity index (χ2v) is 4.70. The Kier molecular flexibility index (Phi) is 4.59. The largest absolute Gasteiger partial charge is 0.399 e. The third-order valence-electron chi connectivity index (χ3n) is 3.18. The lowest BCUT2D eigenvalue weighted by Gasteiger charge is -2.11. The van der Waals surface area contributed by atoms with Crippen LogP contribution in [0.3, 0.4) is 0 Å². The summed E-state index contributed by atoms with van der Waals surface area (Å²) in [6.07, 6.45) is 5.55. The molecule has 1 saturated carbocycles. The first-order chi connectivity index (χ1) is 8.74. The predicted octanol–water partition coefficient (Wildman–Crippen LogP) is 2.56. The number of amides is 1. The molecule has 98 valence electrons. The molecule has 0 aromatic heterocycles. The molecule has 2 rings (SSSR count). The fourth-order valence-electron chi connectivity index (χ4n) is 2.16. The third kappa shape index (κ3) is 4.04. The van der Waals surface area contributed by atoms with E-state index in [1.54, 1.807) is 24.3 Å². The summed E-state index contributed by atoms with van der Waals surface area (Å²) in [5.74, 6) is -0.0160. The van der Waals surface area contributed by atoms with Crippen molar-refractivity contribution in [2.45, 2.75) is 38.2 Å². The van der Waals surface area contributed by atoms with Crippen LogP contribution in [0.1, 0.15) is 32.1 Å². The Labute approximate surface area is 108 Å². The molecule has 1 aromatic carbocycles. The molecule has 1 aromatic rings. The van der Waals surface area contributed by atoms with Crippen molar-refractivity contribution < 1.29 is 9.53 Å². The van der Waals surface area contributed by atoms with Crippen LogP contribution >= 0.6 is 0 Å². The van der Waals surface area contributed by atoms with Gasteiger partial charge in [-0.3, -0.25) is 4.79 Å². The van der Waals surface area contributed by atoms with E-state index in [4.69, 9.17) is 10.5 Å². The van der Waals surface area contributed by atoms with Crippen molar-refractivity contribution in [2.75, 3.05) is 17.7 Å². The molecule has 1 aliphatic carbocycles. The molecule has 4 heteroatoms. The molecule has 1 fully saturated rings. The van der Waals surface area contributed by atoms with Crippen molar-refractivity contribution in [1.82, 2.24) is 0 Å². The van der Waals surface area contributed by atoms with E-state index in [0.29, 0.717) is 24.8 Å². The summed E-state index contributed by atoms with van der Waals surface area (Å²) in [5.41, 5.74) is 7.04. The molecule has 0 radical (unpaired) electrons. The Balaban J connectivity index is 1.66. The standard InChI is InChI=1S/C14H20N2O2/c15-11-5-7-12(8-6-11)16-14(17)9-10-18-13-3-1-2-4-13/h5-8,13H,1-4,9-10,15H2,(H,16,17). The zero-order chi connectivity index (χ0) is 12.8. The Morgan fingerprint density at radius 2 is 1.94 bits per heavy atom. The van der Waals surface area contributed by atoms with Gasteiger partial charge in [-0.2, -0.15) is 0 Å². The van der Waals surface area contributed by atoms with Gasteiger partial charge < -0.3 is 15.8 Å². The number of ether oxygens (including phenoxy) is 1. The quantitative estimate of drug-likeness (QED) is 0.787. The summed E-state index contributed by atoms with van der Waals surface area (Å²) in [7, 11) is 0. The number of nitrogens with one attached hydrogen (secondary N) is 1. The number of nitrogen functional groups attached to an aromatic ring is 1. The SMILES string of the molecule is Nc1ccc(NC(=O)CCOC2CCCC2)cc1. The van der Waals surface area contributed by atoms with Crippen LogP contribution in [0.5, 0.6) is 0 Å². The van der Waals surface area contributed by atoms with E-state index in [1.807, 2.05) is 0 Å². The highest BCUT2D eigenvalue weighted by molar-refractivity contribution is 5.90. The van der Waals surface area contributed by atoms with Crippen molar-refractivity contribution in [3.63, 3.8) is 0 Å². The monoisotopic (exact) mass is 248 g/mol. The lowest BCUT2D eigenvalue weighted by atomic mass is 10.3. The van der Waals surface area contributed by atoms with Crippen molar-refractivity contribution in [3.8, 4) is 0 Å². The average Bonchev–Trinajstić information content (AvgIpc) is 2.85. The number of carbonyl (C=O) groups is 1. The number of rotatable bonds is 5. The van der Waals surface area contributed by atoms with Crippen LogP contribution in [0.2, 0.25) is 0 Å². The molecule has 18 heavy (non-hydrogen) atoms. The topological polar surface area (TPSA) is 64.3 Å². The summed E-state index contributed by atoms with van der Waals surface area (Å²) in [4.78, 5) is 11.6. The van der Waals surface area contributed by atoms with Gasteiger partial charge in [0.2, 0.25) is 5.91 Å². The van der Waals surface area contributed by atoms with Crippen molar-refractivity contribution >= 4 is 17.3 Å². The van der Waals surface area contributed by atoms with E-state index in [0.717, 1.165) is 18.5 Å².